The first-order valence-corrected chi connectivity index (χ1v) is 7.44. The fraction of sp³-hybridized carbons (Fsp3) is 0.375. The van der Waals surface area contributed by atoms with Crippen molar-refractivity contribution in [1.82, 2.24) is 9.78 Å². The number of rotatable bonds is 4. The summed E-state index contributed by atoms with van der Waals surface area (Å²) in [7, 11) is 0. The molecule has 0 bridgehead atoms. The fourth-order valence-corrected chi connectivity index (χ4v) is 2.32. The number of aryl methyl sites for hydroxylation is 2. The number of amides is 1. The van der Waals surface area contributed by atoms with Gasteiger partial charge in [0, 0.05) is 0 Å². The summed E-state index contributed by atoms with van der Waals surface area (Å²) in [6, 6.07) is 4.61. The normalized spacial score (nSPS) is 12.3. The lowest BCUT2D eigenvalue weighted by Crippen LogP contribution is -2.25. The van der Waals surface area contributed by atoms with E-state index in [0.29, 0.717) is 11.6 Å². The molecule has 4 nitrogen and oxygen atoms in total. The Hall–Kier alpha value is -1.88. The van der Waals surface area contributed by atoms with Crippen LogP contribution in [-0.2, 0) is 11.3 Å². The number of aromatic nitrogens is 2. The van der Waals surface area contributed by atoms with Crippen LogP contribution < -0.4 is 5.32 Å². The van der Waals surface area contributed by atoms with Gasteiger partial charge in [0.1, 0.15) is 5.82 Å². The number of benzene rings is 1. The van der Waals surface area contributed by atoms with Gasteiger partial charge in [-0.1, -0.05) is 24.6 Å². The smallest absolute Gasteiger partial charge is 0.229 e. The van der Waals surface area contributed by atoms with Gasteiger partial charge in [0.15, 0.2) is 0 Å². The summed E-state index contributed by atoms with van der Waals surface area (Å²) in [6.45, 7) is 7.67. The van der Waals surface area contributed by atoms with Crippen LogP contribution in [0.3, 0.4) is 0 Å². The summed E-state index contributed by atoms with van der Waals surface area (Å²) in [5.74, 6) is -1.07. The van der Waals surface area contributed by atoms with Gasteiger partial charge in [0.25, 0.3) is 0 Å². The Kier molecular flexibility index (Phi) is 4.86. The molecule has 1 unspecified atom stereocenters. The van der Waals surface area contributed by atoms with Crippen LogP contribution in [0.15, 0.2) is 18.2 Å². The monoisotopic (exact) mass is 323 g/mol. The zero-order chi connectivity index (χ0) is 16.4. The predicted octanol–water partition coefficient (Wildman–Crippen LogP) is 3.88. The quantitative estimate of drug-likeness (QED) is 0.928. The molecule has 6 heteroatoms. The van der Waals surface area contributed by atoms with Gasteiger partial charge in [-0.25, -0.2) is 4.39 Å². The highest BCUT2D eigenvalue weighted by molar-refractivity contribution is 6.31. The molecule has 1 amide bonds. The van der Waals surface area contributed by atoms with Crippen LogP contribution in [0.25, 0.3) is 0 Å². The Morgan fingerprint density at radius 3 is 2.68 bits per heavy atom. The van der Waals surface area contributed by atoms with E-state index < -0.39 is 5.82 Å². The minimum Gasteiger partial charge on any atom is -0.323 e. The van der Waals surface area contributed by atoms with Gasteiger partial charge >= 0.3 is 0 Å². The van der Waals surface area contributed by atoms with Crippen molar-refractivity contribution in [2.45, 2.75) is 34.2 Å². The van der Waals surface area contributed by atoms with E-state index in [9.17, 15) is 9.18 Å². The highest BCUT2D eigenvalue weighted by atomic mass is 35.5. The lowest BCUT2D eigenvalue weighted by Gasteiger charge is -2.14. The molecule has 1 heterocycles. The van der Waals surface area contributed by atoms with Crippen molar-refractivity contribution < 1.29 is 9.18 Å². The largest absolute Gasteiger partial charge is 0.323 e. The second-order valence-corrected chi connectivity index (χ2v) is 5.92. The first-order valence-electron chi connectivity index (χ1n) is 7.06. The summed E-state index contributed by atoms with van der Waals surface area (Å²) < 4.78 is 15.4. The lowest BCUT2D eigenvalue weighted by molar-refractivity contribution is -0.119. The molecule has 0 radical (unpaired) electrons. The van der Waals surface area contributed by atoms with E-state index in [1.807, 2.05) is 20.8 Å². The van der Waals surface area contributed by atoms with Crippen molar-refractivity contribution in [3.8, 4) is 0 Å². The number of hydrogen-bond acceptors (Lipinski definition) is 2. The van der Waals surface area contributed by atoms with Crippen LogP contribution in [0.1, 0.15) is 23.9 Å². The fourth-order valence-electron chi connectivity index (χ4n) is 2.19. The van der Waals surface area contributed by atoms with Gasteiger partial charge < -0.3 is 5.32 Å². The number of hydrogen-bond donors (Lipinski definition) is 1. The molecule has 0 aliphatic heterocycles. The molecule has 1 N–H and O–H groups in total. The third-order valence-electron chi connectivity index (χ3n) is 3.57. The second kappa shape index (κ2) is 6.48. The number of nitrogens with zero attached hydrogens (tertiary/aromatic N) is 2. The summed E-state index contributed by atoms with van der Waals surface area (Å²) in [6.07, 6.45) is 0. The molecule has 0 saturated heterocycles. The second-order valence-electron chi connectivity index (χ2n) is 5.54. The molecule has 0 aliphatic rings. The SMILES string of the molecule is Cc1ccc(F)c(NC(=O)C(C)Cn2nc(C)c(Cl)c2C)c1. The van der Waals surface area contributed by atoms with Crippen LogP contribution in [0, 0.1) is 32.5 Å². The number of carbonyl (C=O) groups excluding carboxylic acids is 1. The Morgan fingerprint density at radius 2 is 2.09 bits per heavy atom. The predicted molar refractivity (Wildman–Crippen MR) is 85.6 cm³/mol. The summed E-state index contributed by atoms with van der Waals surface area (Å²) in [5, 5.41) is 7.53. The first kappa shape index (κ1) is 16.5. The van der Waals surface area contributed by atoms with Crippen LogP contribution in [-0.4, -0.2) is 15.7 Å². The minimum atomic E-state index is -0.444. The van der Waals surface area contributed by atoms with E-state index in [1.54, 1.807) is 23.7 Å². The van der Waals surface area contributed by atoms with Crippen LogP contribution in [0.2, 0.25) is 5.02 Å². The molecular formula is C16H19ClFN3O. The molecule has 0 spiro atoms. The van der Waals surface area contributed by atoms with Crippen molar-refractivity contribution >= 4 is 23.2 Å². The third kappa shape index (κ3) is 3.47. The lowest BCUT2D eigenvalue weighted by atomic mass is 10.1. The summed E-state index contributed by atoms with van der Waals surface area (Å²) >= 11 is 6.10. The zero-order valence-electron chi connectivity index (χ0n) is 13.1. The highest BCUT2D eigenvalue weighted by Gasteiger charge is 2.18. The minimum absolute atomic E-state index is 0.197. The van der Waals surface area contributed by atoms with Crippen molar-refractivity contribution in [1.29, 1.82) is 0 Å². The molecule has 1 atom stereocenters. The Labute approximate surface area is 134 Å². The van der Waals surface area contributed by atoms with Gasteiger partial charge in [0.05, 0.1) is 34.6 Å². The standard InChI is InChI=1S/C16H19ClFN3O/c1-9-5-6-13(18)14(7-9)19-16(22)10(2)8-21-12(4)15(17)11(3)20-21/h5-7,10H,8H2,1-4H3,(H,19,22). The molecule has 0 fully saturated rings. The summed E-state index contributed by atoms with van der Waals surface area (Å²) in [5.41, 5.74) is 2.63. The van der Waals surface area contributed by atoms with Gasteiger partial charge in [-0.2, -0.15) is 5.10 Å². The highest BCUT2D eigenvalue weighted by Crippen LogP contribution is 2.21. The maximum Gasteiger partial charge on any atom is 0.229 e. The molecule has 22 heavy (non-hydrogen) atoms. The van der Waals surface area contributed by atoms with Gasteiger partial charge in [-0.3, -0.25) is 9.48 Å². The van der Waals surface area contributed by atoms with Crippen LogP contribution >= 0.6 is 11.6 Å². The number of nitrogens with one attached hydrogen (secondary N) is 1. The molecular weight excluding hydrogens is 305 g/mol. The molecule has 1 aromatic heterocycles. The van der Waals surface area contributed by atoms with Crippen molar-refractivity contribution in [2.75, 3.05) is 5.32 Å². The van der Waals surface area contributed by atoms with E-state index in [2.05, 4.69) is 10.4 Å². The molecule has 1 aromatic carbocycles. The summed E-state index contributed by atoms with van der Waals surface area (Å²) in [4.78, 5) is 12.2. The maximum absolute atomic E-state index is 13.7. The number of anilines is 1. The maximum atomic E-state index is 13.7. The first-order chi connectivity index (χ1) is 10.3. The Balaban J connectivity index is 2.09. The van der Waals surface area contributed by atoms with Gasteiger partial charge in [0.2, 0.25) is 5.91 Å². The van der Waals surface area contributed by atoms with Crippen molar-refractivity contribution in [3.05, 3.63) is 46.0 Å². The third-order valence-corrected chi connectivity index (χ3v) is 4.11. The average molecular weight is 324 g/mol. The van der Waals surface area contributed by atoms with E-state index in [4.69, 9.17) is 11.6 Å². The molecule has 118 valence electrons. The zero-order valence-corrected chi connectivity index (χ0v) is 13.8. The Morgan fingerprint density at radius 1 is 1.41 bits per heavy atom. The number of carbonyl (C=O) groups is 1. The Bertz CT molecular complexity index is 712. The van der Waals surface area contributed by atoms with Gasteiger partial charge in [-0.05, 0) is 38.5 Å². The van der Waals surface area contributed by atoms with Crippen LogP contribution in [0.5, 0.6) is 0 Å². The topological polar surface area (TPSA) is 46.9 Å². The van der Waals surface area contributed by atoms with E-state index in [-0.39, 0.29) is 17.5 Å². The van der Waals surface area contributed by atoms with E-state index in [1.165, 1.54) is 6.07 Å². The van der Waals surface area contributed by atoms with Gasteiger partial charge in [-0.15, -0.1) is 0 Å². The molecule has 2 rings (SSSR count). The molecule has 0 saturated carbocycles. The van der Waals surface area contributed by atoms with Crippen molar-refractivity contribution in [3.63, 3.8) is 0 Å². The number of halogens is 2. The van der Waals surface area contributed by atoms with Crippen molar-refractivity contribution in [2.24, 2.45) is 5.92 Å². The van der Waals surface area contributed by atoms with E-state index >= 15 is 0 Å². The van der Waals surface area contributed by atoms with E-state index in [0.717, 1.165) is 17.0 Å². The van der Waals surface area contributed by atoms with Crippen LogP contribution in [0.4, 0.5) is 10.1 Å². The molecule has 2 aromatic rings. The average Bonchev–Trinajstić information content (AvgIpc) is 2.70. The molecule has 0 aliphatic carbocycles.